The standard InChI is InChI=1S/C16H26N4O2S/c1-11(15-12(2)19-14(23-15)6-7-22-5)17-10-16(3,21)13-8-18-20(4)9-13/h8-9,11,17,21H,6-7,10H2,1-5H3. The number of aryl methyl sites for hydroxylation is 2. The summed E-state index contributed by atoms with van der Waals surface area (Å²) in [6.45, 7) is 7.06. The van der Waals surface area contributed by atoms with E-state index < -0.39 is 5.60 Å². The minimum Gasteiger partial charge on any atom is -0.384 e. The van der Waals surface area contributed by atoms with Gasteiger partial charge in [-0.1, -0.05) is 0 Å². The van der Waals surface area contributed by atoms with Gasteiger partial charge in [0.2, 0.25) is 0 Å². The SMILES string of the molecule is COCCc1nc(C)c(C(C)NCC(C)(O)c2cnn(C)c2)s1. The predicted molar refractivity (Wildman–Crippen MR) is 91.6 cm³/mol. The molecule has 2 rings (SSSR count). The molecule has 2 heterocycles. The number of rotatable bonds is 8. The van der Waals surface area contributed by atoms with Crippen LogP contribution in [0.4, 0.5) is 0 Å². The van der Waals surface area contributed by atoms with E-state index in [-0.39, 0.29) is 6.04 Å². The van der Waals surface area contributed by atoms with Gasteiger partial charge < -0.3 is 15.2 Å². The van der Waals surface area contributed by atoms with Crippen LogP contribution in [0, 0.1) is 6.92 Å². The molecule has 23 heavy (non-hydrogen) atoms. The van der Waals surface area contributed by atoms with Crippen LogP contribution in [0.5, 0.6) is 0 Å². The zero-order chi connectivity index (χ0) is 17.0. The summed E-state index contributed by atoms with van der Waals surface area (Å²) in [5, 5.41) is 19.3. The molecule has 2 aromatic rings. The first kappa shape index (κ1) is 18.1. The number of aromatic nitrogens is 3. The summed E-state index contributed by atoms with van der Waals surface area (Å²) in [6.07, 6.45) is 4.38. The summed E-state index contributed by atoms with van der Waals surface area (Å²) in [6, 6.07) is 0.131. The van der Waals surface area contributed by atoms with Gasteiger partial charge in [-0.2, -0.15) is 5.10 Å². The van der Waals surface area contributed by atoms with Crippen molar-refractivity contribution in [3.63, 3.8) is 0 Å². The van der Waals surface area contributed by atoms with Crippen LogP contribution in [0.1, 0.15) is 41.0 Å². The van der Waals surface area contributed by atoms with Gasteiger partial charge in [-0.25, -0.2) is 4.98 Å². The summed E-state index contributed by atoms with van der Waals surface area (Å²) in [5.74, 6) is 0. The molecule has 6 nitrogen and oxygen atoms in total. The van der Waals surface area contributed by atoms with Gasteiger partial charge in [0.1, 0.15) is 5.60 Å². The quantitative estimate of drug-likeness (QED) is 0.769. The maximum Gasteiger partial charge on any atom is 0.102 e. The van der Waals surface area contributed by atoms with Crippen LogP contribution in [0.15, 0.2) is 12.4 Å². The average molecular weight is 338 g/mol. The van der Waals surface area contributed by atoms with Crippen LogP contribution < -0.4 is 5.32 Å². The Hall–Kier alpha value is -1.28. The van der Waals surface area contributed by atoms with Crippen molar-refractivity contribution in [2.75, 3.05) is 20.3 Å². The zero-order valence-corrected chi connectivity index (χ0v) is 15.3. The highest BCUT2D eigenvalue weighted by molar-refractivity contribution is 7.11. The van der Waals surface area contributed by atoms with Gasteiger partial charge in [0.05, 0.1) is 23.5 Å². The monoisotopic (exact) mass is 338 g/mol. The summed E-state index contributed by atoms with van der Waals surface area (Å²) >= 11 is 1.71. The lowest BCUT2D eigenvalue weighted by atomic mass is 9.99. The first-order chi connectivity index (χ1) is 10.8. The largest absolute Gasteiger partial charge is 0.384 e. The molecule has 0 aromatic carbocycles. The minimum absolute atomic E-state index is 0.131. The summed E-state index contributed by atoms with van der Waals surface area (Å²) in [5.41, 5.74) is 0.892. The molecule has 0 saturated heterocycles. The highest BCUT2D eigenvalue weighted by Crippen LogP contribution is 2.27. The minimum atomic E-state index is -0.958. The first-order valence-corrected chi connectivity index (χ1v) is 8.55. The number of aliphatic hydroxyl groups is 1. The second-order valence-electron chi connectivity index (χ2n) is 6.08. The normalized spacial score (nSPS) is 15.6. The van der Waals surface area contributed by atoms with Gasteiger partial charge in [0.25, 0.3) is 0 Å². The second kappa shape index (κ2) is 7.53. The van der Waals surface area contributed by atoms with E-state index in [2.05, 4.69) is 22.3 Å². The fraction of sp³-hybridized carbons (Fsp3) is 0.625. The number of thiazole rings is 1. The molecule has 0 aliphatic carbocycles. The topological polar surface area (TPSA) is 72.2 Å². The van der Waals surface area contributed by atoms with Crippen LogP contribution in [0.2, 0.25) is 0 Å². The maximum absolute atomic E-state index is 10.6. The molecule has 0 aliphatic rings. The molecule has 0 amide bonds. The third-order valence-electron chi connectivity index (χ3n) is 3.87. The maximum atomic E-state index is 10.6. The lowest BCUT2D eigenvalue weighted by Gasteiger charge is -2.24. The zero-order valence-electron chi connectivity index (χ0n) is 14.5. The van der Waals surface area contributed by atoms with E-state index in [9.17, 15) is 5.11 Å². The summed E-state index contributed by atoms with van der Waals surface area (Å²) in [4.78, 5) is 5.80. The molecule has 0 bridgehead atoms. The van der Waals surface area contributed by atoms with Crippen molar-refractivity contribution in [3.05, 3.63) is 33.5 Å². The number of nitrogens with one attached hydrogen (secondary N) is 1. The van der Waals surface area contributed by atoms with E-state index in [1.807, 2.05) is 20.2 Å². The van der Waals surface area contributed by atoms with Gasteiger partial charge in [0, 0.05) is 49.8 Å². The molecule has 2 unspecified atom stereocenters. The number of ether oxygens (including phenoxy) is 1. The van der Waals surface area contributed by atoms with Gasteiger partial charge in [-0.3, -0.25) is 4.68 Å². The van der Waals surface area contributed by atoms with Crippen molar-refractivity contribution in [2.45, 2.75) is 38.8 Å². The molecule has 0 aliphatic heterocycles. The highest BCUT2D eigenvalue weighted by Gasteiger charge is 2.26. The first-order valence-electron chi connectivity index (χ1n) is 7.73. The van der Waals surface area contributed by atoms with Crippen LogP contribution in [-0.4, -0.2) is 40.1 Å². The van der Waals surface area contributed by atoms with E-state index in [4.69, 9.17) is 4.74 Å². The molecule has 0 radical (unpaired) electrons. The van der Waals surface area contributed by atoms with Crippen LogP contribution in [-0.2, 0) is 23.8 Å². The Morgan fingerprint density at radius 3 is 2.87 bits per heavy atom. The average Bonchev–Trinajstić information content (AvgIpc) is 3.09. The fourth-order valence-electron chi connectivity index (χ4n) is 2.41. The molecule has 7 heteroatoms. The van der Waals surface area contributed by atoms with Gasteiger partial charge in [-0.05, 0) is 20.8 Å². The van der Waals surface area contributed by atoms with Crippen molar-refractivity contribution in [2.24, 2.45) is 7.05 Å². The fourth-order valence-corrected chi connectivity index (χ4v) is 3.48. The number of hydrogen-bond acceptors (Lipinski definition) is 6. The van der Waals surface area contributed by atoms with Gasteiger partial charge in [0.15, 0.2) is 0 Å². The van der Waals surface area contributed by atoms with E-state index in [0.717, 1.165) is 22.7 Å². The van der Waals surface area contributed by atoms with Crippen molar-refractivity contribution >= 4 is 11.3 Å². The third-order valence-corrected chi connectivity index (χ3v) is 5.27. The van der Waals surface area contributed by atoms with E-state index in [1.165, 1.54) is 4.88 Å². The Kier molecular flexibility index (Phi) is 5.91. The van der Waals surface area contributed by atoms with E-state index in [1.54, 1.807) is 36.2 Å². The molecule has 0 fully saturated rings. The van der Waals surface area contributed by atoms with Crippen LogP contribution in [0.25, 0.3) is 0 Å². The smallest absolute Gasteiger partial charge is 0.102 e. The van der Waals surface area contributed by atoms with Gasteiger partial charge in [-0.15, -0.1) is 11.3 Å². The lowest BCUT2D eigenvalue weighted by molar-refractivity contribution is 0.0544. The number of nitrogens with zero attached hydrogens (tertiary/aromatic N) is 3. The van der Waals surface area contributed by atoms with Crippen LogP contribution >= 0.6 is 11.3 Å². The Balaban J connectivity index is 1.99. The number of methoxy groups -OCH3 is 1. The molecule has 2 aromatic heterocycles. The van der Waals surface area contributed by atoms with Gasteiger partial charge >= 0.3 is 0 Å². The molecule has 2 atom stereocenters. The van der Waals surface area contributed by atoms with E-state index >= 15 is 0 Å². The lowest BCUT2D eigenvalue weighted by Crippen LogP contribution is -2.36. The molecular weight excluding hydrogens is 312 g/mol. The van der Waals surface area contributed by atoms with Crippen molar-refractivity contribution in [3.8, 4) is 0 Å². The predicted octanol–water partition coefficient (Wildman–Crippen LogP) is 1.93. The Bertz CT molecular complexity index is 636. The summed E-state index contributed by atoms with van der Waals surface area (Å²) in [7, 11) is 3.55. The Labute approximate surface area is 141 Å². The Morgan fingerprint density at radius 1 is 1.52 bits per heavy atom. The Morgan fingerprint density at radius 2 is 2.26 bits per heavy atom. The number of hydrogen-bond donors (Lipinski definition) is 2. The molecule has 2 N–H and O–H groups in total. The van der Waals surface area contributed by atoms with Crippen molar-refractivity contribution in [1.29, 1.82) is 0 Å². The summed E-state index contributed by atoms with van der Waals surface area (Å²) < 4.78 is 6.81. The molecule has 0 spiro atoms. The van der Waals surface area contributed by atoms with Crippen molar-refractivity contribution in [1.82, 2.24) is 20.1 Å². The highest BCUT2D eigenvalue weighted by atomic mass is 32.1. The van der Waals surface area contributed by atoms with Crippen LogP contribution in [0.3, 0.4) is 0 Å². The molecule has 0 saturated carbocycles. The molecular formula is C16H26N4O2S. The molecule has 128 valence electrons. The third kappa shape index (κ3) is 4.60. The second-order valence-corrected chi connectivity index (χ2v) is 7.19. The van der Waals surface area contributed by atoms with E-state index in [0.29, 0.717) is 13.2 Å². The van der Waals surface area contributed by atoms with Crippen molar-refractivity contribution < 1.29 is 9.84 Å².